The van der Waals surface area contributed by atoms with Crippen LogP contribution in [0.1, 0.15) is 258 Å². The fourth-order valence-electron chi connectivity index (χ4n) is 10.4. The summed E-state index contributed by atoms with van der Waals surface area (Å²) in [5, 5.41) is 72.6. The topological polar surface area (TPSA) is 214 Å². The summed E-state index contributed by atoms with van der Waals surface area (Å²) in [6.45, 7) is 3.59. The Morgan fingerprint density at radius 1 is 0.410 bits per heavy atom. The molecule has 2 rings (SSSR count). The molecule has 14 heteroatoms. The Balaban J connectivity index is 1.66. The zero-order valence-electron chi connectivity index (χ0n) is 52.2. The minimum Gasteiger partial charge on any atom is -0.457 e. The van der Waals surface area contributed by atoms with Crippen LogP contribution in [0.4, 0.5) is 0 Å². The van der Waals surface area contributed by atoms with Gasteiger partial charge in [0.1, 0.15) is 54.9 Å². The van der Waals surface area contributed by atoms with Gasteiger partial charge in [-0.1, -0.05) is 260 Å². The smallest absolute Gasteiger partial charge is 0.306 e. The lowest BCUT2D eigenvalue weighted by molar-refractivity contribution is -0.332. The third kappa shape index (κ3) is 40.5. The highest BCUT2D eigenvalue weighted by atomic mass is 16.7. The fourth-order valence-corrected chi connectivity index (χ4v) is 10.4. The van der Waals surface area contributed by atoms with E-state index in [1.54, 1.807) is 0 Å². The van der Waals surface area contributed by atoms with Gasteiger partial charge in [0.25, 0.3) is 0 Å². The third-order valence-electron chi connectivity index (χ3n) is 15.7. The average Bonchev–Trinajstić information content (AvgIpc) is 3.69. The molecule has 0 bridgehead atoms. The van der Waals surface area contributed by atoms with E-state index in [0.717, 1.165) is 89.9 Å². The minimum absolute atomic E-state index is 0.0530. The number of rotatable bonds is 55. The predicted octanol–water partition coefficient (Wildman–Crippen LogP) is 13.8. The third-order valence-corrected chi connectivity index (χ3v) is 15.7. The normalized spacial score (nSPS) is 23.9. The number of carbonyl (C=O) groups excluding carboxylic acids is 1. The number of allylic oxidation sites excluding steroid dienone is 12. The Hall–Kier alpha value is -2.57. The molecule has 83 heavy (non-hydrogen) atoms. The molecule has 0 aliphatic carbocycles. The second kappa shape index (κ2) is 54.8. The van der Waals surface area contributed by atoms with Crippen LogP contribution in [0.3, 0.4) is 0 Å². The van der Waals surface area contributed by atoms with E-state index in [-0.39, 0.29) is 25.6 Å². The molecule has 0 amide bonds. The van der Waals surface area contributed by atoms with E-state index in [2.05, 4.69) is 86.8 Å². The number of hydrogen-bond acceptors (Lipinski definition) is 14. The quantitative estimate of drug-likeness (QED) is 0.0171. The number of aliphatic hydroxyl groups excluding tert-OH is 7. The number of hydrogen-bond donors (Lipinski definition) is 7. The zero-order chi connectivity index (χ0) is 60.1. The number of esters is 1. The highest BCUT2D eigenvalue weighted by molar-refractivity contribution is 5.69. The summed E-state index contributed by atoms with van der Waals surface area (Å²) in [7, 11) is 0. The van der Waals surface area contributed by atoms with Crippen molar-refractivity contribution in [3.8, 4) is 0 Å². The average molecular weight is 1180 g/mol. The molecule has 2 saturated heterocycles. The summed E-state index contributed by atoms with van der Waals surface area (Å²) in [5.41, 5.74) is 0. The lowest BCUT2D eigenvalue weighted by Gasteiger charge is -2.42. The van der Waals surface area contributed by atoms with Gasteiger partial charge in [-0.25, -0.2) is 0 Å². The molecular weight excluding hydrogens is 1050 g/mol. The van der Waals surface area contributed by atoms with Crippen LogP contribution in [-0.2, 0) is 33.2 Å². The van der Waals surface area contributed by atoms with Gasteiger partial charge in [-0.15, -0.1) is 0 Å². The molecule has 0 aromatic rings. The second-order valence-corrected chi connectivity index (χ2v) is 23.3. The summed E-state index contributed by atoms with van der Waals surface area (Å²) >= 11 is 0. The molecular formula is C69H122O14. The van der Waals surface area contributed by atoms with Gasteiger partial charge >= 0.3 is 5.97 Å². The van der Waals surface area contributed by atoms with Crippen molar-refractivity contribution in [2.45, 2.75) is 325 Å². The lowest BCUT2D eigenvalue weighted by atomic mass is 9.98. The van der Waals surface area contributed by atoms with Crippen LogP contribution in [0, 0.1) is 0 Å². The molecule has 11 atom stereocenters. The molecule has 0 aromatic carbocycles. The molecule has 0 aromatic heterocycles. The number of aliphatic hydroxyl groups is 7. The van der Waals surface area contributed by atoms with E-state index in [9.17, 15) is 40.5 Å². The number of carbonyl (C=O) groups is 1. The van der Waals surface area contributed by atoms with Crippen LogP contribution in [0.5, 0.6) is 0 Å². The molecule has 2 heterocycles. The highest BCUT2D eigenvalue weighted by Gasteiger charge is 2.47. The summed E-state index contributed by atoms with van der Waals surface area (Å²) in [6.07, 6.45) is 55.4. The Morgan fingerprint density at radius 3 is 1.23 bits per heavy atom. The van der Waals surface area contributed by atoms with Crippen LogP contribution >= 0.6 is 0 Å². The van der Waals surface area contributed by atoms with Crippen molar-refractivity contribution >= 4 is 5.97 Å². The minimum atomic E-state index is -1.71. The first-order valence-electron chi connectivity index (χ1n) is 33.5. The molecule has 482 valence electrons. The molecule has 14 nitrogen and oxygen atoms in total. The molecule has 2 aliphatic heterocycles. The Morgan fingerprint density at radius 2 is 0.783 bits per heavy atom. The van der Waals surface area contributed by atoms with E-state index < -0.39 is 80.7 Å². The van der Waals surface area contributed by atoms with Gasteiger partial charge in [0, 0.05) is 13.0 Å². The maximum atomic E-state index is 13.1. The molecule has 0 radical (unpaired) electrons. The Kier molecular flexibility index (Phi) is 50.5. The van der Waals surface area contributed by atoms with Gasteiger partial charge in [-0.3, -0.25) is 4.79 Å². The van der Waals surface area contributed by atoms with Gasteiger partial charge in [-0.2, -0.15) is 0 Å². The largest absolute Gasteiger partial charge is 0.457 e. The maximum absolute atomic E-state index is 13.1. The van der Waals surface area contributed by atoms with E-state index in [1.165, 1.54) is 141 Å². The monoisotopic (exact) mass is 1170 g/mol. The lowest BCUT2D eigenvalue weighted by Crippen LogP contribution is -2.61. The van der Waals surface area contributed by atoms with Gasteiger partial charge in [0.15, 0.2) is 12.6 Å². The van der Waals surface area contributed by atoms with Crippen LogP contribution in [-0.4, -0.2) is 142 Å². The van der Waals surface area contributed by atoms with Crippen LogP contribution in [0.25, 0.3) is 0 Å². The summed E-state index contributed by atoms with van der Waals surface area (Å²) < 4.78 is 34.5. The van der Waals surface area contributed by atoms with Crippen LogP contribution in [0.2, 0.25) is 0 Å². The van der Waals surface area contributed by atoms with E-state index in [1.807, 2.05) is 0 Å². The maximum Gasteiger partial charge on any atom is 0.306 e. The van der Waals surface area contributed by atoms with Crippen molar-refractivity contribution in [1.82, 2.24) is 0 Å². The van der Waals surface area contributed by atoms with E-state index in [0.29, 0.717) is 13.0 Å². The first-order valence-corrected chi connectivity index (χ1v) is 33.5. The molecule has 2 aliphatic rings. The second-order valence-electron chi connectivity index (χ2n) is 23.3. The Labute approximate surface area is 504 Å². The summed E-state index contributed by atoms with van der Waals surface area (Å²) in [4.78, 5) is 13.1. The molecule has 0 saturated carbocycles. The molecule has 2 fully saturated rings. The molecule has 11 unspecified atom stereocenters. The highest BCUT2D eigenvalue weighted by Crippen LogP contribution is 2.27. The first-order chi connectivity index (χ1) is 40.6. The van der Waals surface area contributed by atoms with Crippen molar-refractivity contribution < 1.29 is 69.0 Å². The Bertz CT molecular complexity index is 1650. The first kappa shape index (κ1) is 76.5. The SMILES string of the molecule is CC/C=C\C/C=C\C/C=C\C/C=C\C/C=C\C/C=C\CCCCCCCCCOCC(COC1OC(COC2OC(CO)C(O)C(O)C2O)C(O)C(O)C1O)OC(=O)CCCCCCCCCCCCCCCCCCCCCCCCC. The summed E-state index contributed by atoms with van der Waals surface area (Å²) in [6, 6.07) is 0. The zero-order valence-corrected chi connectivity index (χ0v) is 52.2. The van der Waals surface area contributed by atoms with Crippen molar-refractivity contribution in [3.63, 3.8) is 0 Å². The van der Waals surface area contributed by atoms with E-state index in [4.69, 9.17) is 28.4 Å². The molecule has 0 spiro atoms. The van der Waals surface area contributed by atoms with Crippen molar-refractivity contribution in [3.05, 3.63) is 72.9 Å². The van der Waals surface area contributed by atoms with Gasteiger partial charge in [-0.05, 0) is 64.2 Å². The van der Waals surface area contributed by atoms with Crippen LogP contribution < -0.4 is 0 Å². The fraction of sp³-hybridized carbons (Fsp3) is 0.812. The summed E-state index contributed by atoms with van der Waals surface area (Å²) in [5.74, 6) is -0.377. The van der Waals surface area contributed by atoms with Gasteiger partial charge < -0.3 is 64.2 Å². The van der Waals surface area contributed by atoms with Crippen LogP contribution in [0.15, 0.2) is 72.9 Å². The van der Waals surface area contributed by atoms with Crippen molar-refractivity contribution in [2.24, 2.45) is 0 Å². The molecule has 7 N–H and O–H groups in total. The standard InChI is InChI=1S/C69H122O14/c1-3-5-7-9-11-13-15-17-19-21-23-25-27-28-29-31-33-35-37-39-41-43-45-47-49-51-53-78-55-58(56-79-68-67(77)65(75)63(73)60(83-68)57-80-69-66(76)64(74)62(72)59(54-70)82-69)81-61(71)52-50-48-46-44-42-40-38-36-34-32-30-26-24-22-20-18-16-14-12-10-8-6-4-2/h5,7,11,13,17,19,23,25,28-29,33,35,58-60,62-70,72-77H,3-4,6,8-10,12,14-16,18,20-22,24,26-27,30-32,34,36-57H2,1-2H3/b7-5-,13-11-,19-17-,25-23-,29-28-,35-33-. The van der Waals surface area contributed by atoms with Gasteiger partial charge in [0.2, 0.25) is 0 Å². The van der Waals surface area contributed by atoms with Gasteiger partial charge in [0.05, 0.1) is 26.4 Å². The number of ether oxygens (including phenoxy) is 6. The van der Waals surface area contributed by atoms with E-state index >= 15 is 0 Å². The number of unbranched alkanes of at least 4 members (excludes halogenated alkanes) is 29. The van der Waals surface area contributed by atoms with Crippen molar-refractivity contribution in [2.75, 3.05) is 33.0 Å². The van der Waals surface area contributed by atoms with Crippen molar-refractivity contribution in [1.29, 1.82) is 0 Å². The predicted molar refractivity (Wildman–Crippen MR) is 335 cm³/mol.